The summed E-state index contributed by atoms with van der Waals surface area (Å²) in [5.74, 6) is 0.485. The molecule has 0 aromatic carbocycles. The molecule has 0 saturated carbocycles. The molecule has 1 heterocycles. The summed E-state index contributed by atoms with van der Waals surface area (Å²) in [5.41, 5.74) is 0.860. The van der Waals surface area contributed by atoms with E-state index in [1.54, 1.807) is 12.3 Å². The maximum atomic E-state index is 10.6. The summed E-state index contributed by atoms with van der Waals surface area (Å²) < 4.78 is 0. The zero-order chi connectivity index (χ0) is 8.10. The van der Waals surface area contributed by atoms with Crippen LogP contribution in [0.3, 0.4) is 0 Å². The molecule has 0 saturated heterocycles. The fourth-order valence-electron chi connectivity index (χ4n) is 0.707. The second kappa shape index (κ2) is 3.98. The van der Waals surface area contributed by atoms with Gasteiger partial charge in [-0.25, -0.2) is 0 Å². The SMILES string of the molecule is O=c1ccc(C=CCCl)c[nH]1. The quantitative estimate of drug-likeness (QED) is 0.671. The first-order chi connectivity index (χ1) is 5.33. The van der Waals surface area contributed by atoms with E-state index in [4.69, 9.17) is 11.6 Å². The molecule has 1 N–H and O–H groups in total. The zero-order valence-corrected chi connectivity index (χ0v) is 6.64. The molecule has 1 aromatic heterocycles. The van der Waals surface area contributed by atoms with Gasteiger partial charge < -0.3 is 4.98 Å². The van der Waals surface area contributed by atoms with E-state index in [1.165, 1.54) is 6.07 Å². The Labute approximate surface area is 69.5 Å². The lowest BCUT2D eigenvalue weighted by Gasteiger charge is -1.88. The highest BCUT2D eigenvalue weighted by Gasteiger charge is 1.83. The van der Waals surface area contributed by atoms with E-state index in [-0.39, 0.29) is 5.56 Å². The van der Waals surface area contributed by atoms with E-state index in [2.05, 4.69) is 4.98 Å². The van der Waals surface area contributed by atoms with Crippen molar-refractivity contribution in [3.05, 3.63) is 40.3 Å². The molecule has 1 aromatic rings. The molecular formula is C8H8ClNO. The minimum atomic E-state index is -0.0898. The van der Waals surface area contributed by atoms with Gasteiger partial charge in [-0.3, -0.25) is 4.79 Å². The number of nitrogens with one attached hydrogen (secondary N) is 1. The molecule has 0 aliphatic carbocycles. The molecule has 0 bridgehead atoms. The van der Waals surface area contributed by atoms with Crippen LogP contribution < -0.4 is 5.56 Å². The normalized spacial score (nSPS) is 10.6. The Kier molecular flexibility index (Phi) is 2.93. The Morgan fingerprint density at radius 3 is 2.91 bits per heavy atom. The zero-order valence-electron chi connectivity index (χ0n) is 5.88. The third kappa shape index (κ3) is 2.60. The van der Waals surface area contributed by atoms with E-state index >= 15 is 0 Å². The minimum absolute atomic E-state index is 0.0898. The van der Waals surface area contributed by atoms with Crippen LogP contribution in [-0.2, 0) is 0 Å². The second-order valence-electron chi connectivity index (χ2n) is 2.04. The number of aromatic amines is 1. The Morgan fingerprint density at radius 2 is 2.36 bits per heavy atom. The lowest BCUT2D eigenvalue weighted by atomic mass is 10.3. The van der Waals surface area contributed by atoms with Gasteiger partial charge in [0.15, 0.2) is 0 Å². The summed E-state index contributed by atoms with van der Waals surface area (Å²) >= 11 is 5.42. The van der Waals surface area contributed by atoms with Crippen molar-refractivity contribution in [2.24, 2.45) is 0 Å². The smallest absolute Gasteiger partial charge is 0.247 e. The average molecular weight is 170 g/mol. The average Bonchev–Trinajstić information content (AvgIpc) is 2.04. The van der Waals surface area contributed by atoms with E-state index in [1.807, 2.05) is 12.2 Å². The van der Waals surface area contributed by atoms with Crippen molar-refractivity contribution in [3.63, 3.8) is 0 Å². The third-order valence-electron chi connectivity index (χ3n) is 1.21. The number of aromatic nitrogens is 1. The summed E-state index contributed by atoms with van der Waals surface area (Å²) in [6.07, 6.45) is 5.31. The molecule has 0 unspecified atom stereocenters. The largest absolute Gasteiger partial charge is 0.329 e. The van der Waals surface area contributed by atoms with Gasteiger partial charge in [-0.05, 0) is 11.6 Å². The molecule has 0 aliphatic heterocycles. The maximum absolute atomic E-state index is 10.6. The number of pyridine rings is 1. The van der Waals surface area contributed by atoms with Crippen molar-refractivity contribution in [2.45, 2.75) is 0 Å². The first kappa shape index (κ1) is 8.08. The molecule has 11 heavy (non-hydrogen) atoms. The summed E-state index contributed by atoms with van der Waals surface area (Å²) in [5, 5.41) is 0. The van der Waals surface area contributed by atoms with Crippen molar-refractivity contribution in [1.82, 2.24) is 4.98 Å². The molecule has 0 atom stereocenters. The fourth-order valence-corrected chi connectivity index (χ4v) is 0.796. The molecule has 58 valence electrons. The number of allylic oxidation sites excluding steroid dienone is 1. The van der Waals surface area contributed by atoms with Gasteiger partial charge in [0, 0.05) is 18.1 Å². The molecule has 1 rings (SSSR count). The number of hydrogen-bond acceptors (Lipinski definition) is 1. The van der Waals surface area contributed by atoms with Gasteiger partial charge in [0.2, 0.25) is 5.56 Å². The van der Waals surface area contributed by atoms with Gasteiger partial charge in [-0.15, -0.1) is 11.6 Å². The summed E-state index contributed by atoms with van der Waals surface area (Å²) in [4.78, 5) is 13.1. The van der Waals surface area contributed by atoms with Crippen molar-refractivity contribution < 1.29 is 0 Å². The number of halogens is 1. The van der Waals surface area contributed by atoms with Gasteiger partial charge in [0.05, 0.1) is 0 Å². The molecule has 2 nitrogen and oxygen atoms in total. The predicted molar refractivity (Wildman–Crippen MR) is 46.8 cm³/mol. The predicted octanol–water partition coefficient (Wildman–Crippen LogP) is 1.63. The highest BCUT2D eigenvalue weighted by atomic mass is 35.5. The second-order valence-corrected chi connectivity index (χ2v) is 2.35. The maximum Gasteiger partial charge on any atom is 0.247 e. The van der Waals surface area contributed by atoms with Crippen LogP contribution in [0.4, 0.5) is 0 Å². The first-order valence-corrected chi connectivity index (χ1v) is 3.77. The van der Waals surface area contributed by atoms with E-state index < -0.39 is 0 Å². The van der Waals surface area contributed by atoms with E-state index in [0.29, 0.717) is 5.88 Å². The summed E-state index contributed by atoms with van der Waals surface area (Å²) in [7, 11) is 0. The van der Waals surface area contributed by atoms with Crippen LogP contribution in [-0.4, -0.2) is 10.9 Å². The first-order valence-electron chi connectivity index (χ1n) is 3.24. The minimum Gasteiger partial charge on any atom is -0.329 e. The standard InChI is InChI=1S/C8H8ClNO/c9-5-1-2-7-3-4-8(11)10-6-7/h1-4,6H,5H2,(H,10,11). The molecule has 0 amide bonds. The monoisotopic (exact) mass is 169 g/mol. The van der Waals surface area contributed by atoms with Gasteiger partial charge in [-0.1, -0.05) is 12.2 Å². The molecule has 0 radical (unpaired) electrons. The molecule has 0 spiro atoms. The van der Waals surface area contributed by atoms with Crippen LogP contribution in [0.15, 0.2) is 29.2 Å². The highest BCUT2D eigenvalue weighted by molar-refractivity contribution is 6.19. The molecule has 0 aliphatic rings. The number of rotatable bonds is 2. The van der Waals surface area contributed by atoms with Crippen molar-refractivity contribution in [3.8, 4) is 0 Å². The van der Waals surface area contributed by atoms with Gasteiger partial charge >= 0.3 is 0 Å². The summed E-state index contributed by atoms with van der Waals surface area (Å²) in [6, 6.07) is 3.22. The van der Waals surface area contributed by atoms with Crippen LogP contribution in [0, 0.1) is 0 Å². The Balaban J connectivity index is 2.82. The van der Waals surface area contributed by atoms with Crippen LogP contribution in [0.25, 0.3) is 6.08 Å². The molecule has 3 heteroatoms. The molecule has 0 fully saturated rings. The Bertz CT molecular complexity index is 283. The topological polar surface area (TPSA) is 32.9 Å². The van der Waals surface area contributed by atoms with Crippen LogP contribution in [0.2, 0.25) is 0 Å². The fraction of sp³-hybridized carbons (Fsp3) is 0.125. The van der Waals surface area contributed by atoms with Gasteiger partial charge in [0.1, 0.15) is 0 Å². The number of alkyl halides is 1. The lowest BCUT2D eigenvalue weighted by molar-refractivity contribution is 1.23. The van der Waals surface area contributed by atoms with Crippen molar-refractivity contribution >= 4 is 17.7 Å². The third-order valence-corrected chi connectivity index (χ3v) is 1.39. The molecular weight excluding hydrogens is 162 g/mol. The van der Waals surface area contributed by atoms with Crippen molar-refractivity contribution in [2.75, 3.05) is 5.88 Å². The lowest BCUT2D eigenvalue weighted by Crippen LogP contribution is -2.01. The van der Waals surface area contributed by atoms with E-state index in [9.17, 15) is 4.79 Å². The van der Waals surface area contributed by atoms with Crippen LogP contribution in [0.1, 0.15) is 5.56 Å². The summed E-state index contributed by atoms with van der Waals surface area (Å²) in [6.45, 7) is 0. The Hall–Kier alpha value is -1.02. The van der Waals surface area contributed by atoms with Gasteiger partial charge in [0.25, 0.3) is 0 Å². The van der Waals surface area contributed by atoms with Crippen molar-refractivity contribution in [1.29, 1.82) is 0 Å². The van der Waals surface area contributed by atoms with E-state index in [0.717, 1.165) is 5.56 Å². The Morgan fingerprint density at radius 1 is 1.55 bits per heavy atom. The highest BCUT2D eigenvalue weighted by Crippen LogP contribution is 1.96. The van der Waals surface area contributed by atoms with Crippen LogP contribution >= 0.6 is 11.6 Å². The number of H-pyrrole nitrogens is 1. The number of hydrogen-bond donors (Lipinski definition) is 1. The van der Waals surface area contributed by atoms with Gasteiger partial charge in [-0.2, -0.15) is 0 Å². The van der Waals surface area contributed by atoms with Crippen LogP contribution in [0.5, 0.6) is 0 Å².